The zero-order valence-corrected chi connectivity index (χ0v) is 18.5. The van der Waals surface area contributed by atoms with E-state index in [1.54, 1.807) is 41.3 Å². The number of carbonyl (C=O) groups excluding carboxylic acids is 2. The fourth-order valence-electron chi connectivity index (χ4n) is 3.28. The van der Waals surface area contributed by atoms with Gasteiger partial charge >= 0.3 is 0 Å². The fourth-order valence-corrected chi connectivity index (χ4v) is 3.94. The van der Waals surface area contributed by atoms with Gasteiger partial charge in [-0.2, -0.15) is 0 Å². The number of nitrogens with zero attached hydrogens (tertiary/aromatic N) is 2. The Labute approximate surface area is 185 Å². The minimum absolute atomic E-state index is 0.0532. The number of rotatable bonds is 4. The molecule has 0 unspecified atom stereocenters. The van der Waals surface area contributed by atoms with Gasteiger partial charge in [-0.15, -0.1) is 0 Å². The summed E-state index contributed by atoms with van der Waals surface area (Å²) >= 11 is 18.5. The standard InChI is InChI=1S/C21H22Cl3N3O2/c1-13-6-7-17(23)19(18(13)24)25-20(28)14(2)26-8-10-27(11-9-26)21(29)15-4-3-5-16(22)12-15/h3-7,12,14H,8-11H2,1-2H3,(H,25,28)/t14-/m1/s1. The van der Waals surface area contributed by atoms with Gasteiger partial charge in [-0.3, -0.25) is 14.5 Å². The Hall–Kier alpha value is -1.79. The highest BCUT2D eigenvalue weighted by atomic mass is 35.5. The Morgan fingerprint density at radius 2 is 1.72 bits per heavy atom. The lowest BCUT2D eigenvalue weighted by molar-refractivity contribution is -0.121. The van der Waals surface area contributed by atoms with Crippen LogP contribution < -0.4 is 5.32 Å². The maximum atomic E-state index is 12.7. The summed E-state index contributed by atoms with van der Waals surface area (Å²) in [6, 6.07) is 10.1. The molecule has 1 saturated heterocycles. The number of anilines is 1. The number of piperazine rings is 1. The summed E-state index contributed by atoms with van der Waals surface area (Å²) in [7, 11) is 0. The van der Waals surface area contributed by atoms with Gasteiger partial charge in [0.05, 0.1) is 21.8 Å². The van der Waals surface area contributed by atoms with Crippen LogP contribution in [0.5, 0.6) is 0 Å². The van der Waals surface area contributed by atoms with Crippen LogP contribution in [-0.4, -0.2) is 53.8 Å². The second-order valence-corrected chi connectivity index (χ2v) is 8.28. The van der Waals surface area contributed by atoms with E-state index in [1.165, 1.54) is 0 Å². The summed E-state index contributed by atoms with van der Waals surface area (Å²) < 4.78 is 0. The maximum Gasteiger partial charge on any atom is 0.253 e. The number of carbonyl (C=O) groups is 2. The molecule has 3 rings (SSSR count). The highest BCUT2D eigenvalue weighted by molar-refractivity contribution is 6.40. The number of nitrogens with one attached hydrogen (secondary N) is 1. The number of benzene rings is 2. The van der Waals surface area contributed by atoms with Crippen molar-refractivity contribution in [3.8, 4) is 0 Å². The Morgan fingerprint density at radius 3 is 2.38 bits per heavy atom. The maximum absolute atomic E-state index is 12.7. The molecular formula is C21H22Cl3N3O2. The molecule has 2 amide bonds. The zero-order valence-electron chi connectivity index (χ0n) is 16.2. The number of amides is 2. The summed E-state index contributed by atoms with van der Waals surface area (Å²) in [5, 5.41) is 4.22. The van der Waals surface area contributed by atoms with E-state index in [4.69, 9.17) is 34.8 Å². The topological polar surface area (TPSA) is 52.7 Å². The first-order valence-electron chi connectivity index (χ1n) is 9.32. The normalized spacial score (nSPS) is 15.8. The number of halogens is 3. The molecule has 1 aliphatic heterocycles. The molecule has 0 aliphatic carbocycles. The quantitative estimate of drug-likeness (QED) is 0.726. The molecule has 0 saturated carbocycles. The predicted molar refractivity (Wildman–Crippen MR) is 118 cm³/mol. The molecule has 0 bridgehead atoms. The molecule has 29 heavy (non-hydrogen) atoms. The van der Waals surface area contributed by atoms with Crippen molar-refractivity contribution in [2.45, 2.75) is 19.9 Å². The summed E-state index contributed by atoms with van der Waals surface area (Å²) in [6.07, 6.45) is 0. The van der Waals surface area contributed by atoms with Gasteiger partial charge in [0, 0.05) is 36.8 Å². The minimum Gasteiger partial charge on any atom is -0.336 e. The van der Waals surface area contributed by atoms with Gasteiger partial charge in [-0.1, -0.05) is 46.9 Å². The predicted octanol–water partition coefficient (Wildman–Crippen LogP) is 4.74. The molecule has 1 aliphatic rings. The average molecular weight is 455 g/mol. The summed E-state index contributed by atoms with van der Waals surface area (Å²) in [4.78, 5) is 29.2. The van der Waals surface area contributed by atoms with Gasteiger partial charge < -0.3 is 10.2 Å². The Kier molecular flexibility index (Phi) is 7.06. The van der Waals surface area contributed by atoms with Crippen LogP contribution in [0.1, 0.15) is 22.8 Å². The van der Waals surface area contributed by atoms with Crippen LogP contribution in [0.2, 0.25) is 15.1 Å². The smallest absolute Gasteiger partial charge is 0.253 e. The monoisotopic (exact) mass is 453 g/mol. The molecule has 2 aromatic carbocycles. The second-order valence-electron chi connectivity index (χ2n) is 7.06. The van der Waals surface area contributed by atoms with Gasteiger partial charge in [0.15, 0.2) is 0 Å². The second kappa shape index (κ2) is 9.35. The summed E-state index contributed by atoms with van der Waals surface area (Å²) in [5.74, 6) is -0.239. The number of hydrogen-bond donors (Lipinski definition) is 1. The van der Waals surface area contributed by atoms with E-state index in [2.05, 4.69) is 5.32 Å². The van der Waals surface area contributed by atoms with Crippen molar-refractivity contribution < 1.29 is 9.59 Å². The van der Waals surface area contributed by atoms with E-state index < -0.39 is 0 Å². The van der Waals surface area contributed by atoms with Crippen LogP contribution in [0.25, 0.3) is 0 Å². The Morgan fingerprint density at radius 1 is 1.03 bits per heavy atom. The lowest BCUT2D eigenvalue weighted by atomic mass is 10.1. The molecule has 8 heteroatoms. The molecule has 0 radical (unpaired) electrons. The van der Waals surface area contributed by atoms with Crippen molar-refractivity contribution in [3.05, 3.63) is 62.6 Å². The molecule has 1 N–H and O–H groups in total. The Bertz CT molecular complexity index is 927. The minimum atomic E-state index is -0.383. The molecule has 1 atom stereocenters. The van der Waals surface area contributed by atoms with Gasteiger partial charge in [0.1, 0.15) is 0 Å². The van der Waals surface area contributed by atoms with Crippen molar-refractivity contribution in [1.82, 2.24) is 9.80 Å². The van der Waals surface area contributed by atoms with E-state index in [-0.39, 0.29) is 17.9 Å². The molecule has 1 heterocycles. The van der Waals surface area contributed by atoms with E-state index in [0.29, 0.717) is 52.5 Å². The van der Waals surface area contributed by atoms with Gasteiger partial charge in [0.25, 0.3) is 5.91 Å². The van der Waals surface area contributed by atoms with Crippen LogP contribution in [0.4, 0.5) is 5.69 Å². The molecule has 0 spiro atoms. The zero-order chi connectivity index (χ0) is 21.1. The number of hydrogen-bond acceptors (Lipinski definition) is 3. The summed E-state index contributed by atoms with van der Waals surface area (Å²) in [6.45, 7) is 5.95. The third kappa shape index (κ3) is 5.04. The highest BCUT2D eigenvalue weighted by Crippen LogP contribution is 2.33. The van der Waals surface area contributed by atoms with Crippen molar-refractivity contribution >= 4 is 52.3 Å². The van der Waals surface area contributed by atoms with Gasteiger partial charge in [-0.25, -0.2) is 0 Å². The van der Waals surface area contributed by atoms with E-state index >= 15 is 0 Å². The van der Waals surface area contributed by atoms with E-state index in [1.807, 2.05) is 18.7 Å². The first-order valence-corrected chi connectivity index (χ1v) is 10.5. The molecule has 0 aromatic heterocycles. The first kappa shape index (κ1) is 21.9. The molecule has 154 valence electrons. The third-order valence-electron chi connectivity index (χ3n) is 5.13. The van der Waals surface area contributed by atoms with Crippen LogP contribution >= 0.6 is 34.8 Å². The van der Waals surface area contributed by atoms with Crippen molar-refractivity contribution in [2.24, 2.45) is 0 Å². The lowest BCUT2D eigenvalue weighted by Crippen LogP contribution is -2.54. The molecule has 5 nitrogen and oxygen atoms in total. The Balaban J connectivity index is 1.60. The van der Waals surface area contributed by atoms with Crippen molar-refractivity contribution in [1.29, 1.82) is 0 Å². The lowest BCUT2D eigenvalue weighted by Gasteiger charge is -2.37. The molecule has 2 aromatic rings. The molecule has 1 fully saturated rings. The number of aryl methyl sites for hydroxylation is 1. The SMILES string of the molecule is Cc1ccc(Cl)c(NC(=O)[C@@H](C)N2CCN(C(=O)c3cccc(Cl)c3)CC2)c1Cl. The largest absolute Gasteiger partial charge is 0.336 e. The van der Waals surface area contributed by atoms with Gasteiger partial charge in [-0.05, 0) is 43.7 Å². The van der Waals surface area contributed by atoms with Crippen molar-refractivity contribution in [2.75, 3.05) is 31.5 Å². The van der Waals surface area contributed by atoms with Crippen LogP contribution in [0.15, 0.2) is 36.4 Å². The van der Waals surface area contributed by atoms with E-state index in [0.717, 1.165) is 5.56 Å². The first-order chi connectivity index (χ1) is 13.8. The third-order valence-corrected chi connectivity index (χ3v) is 6.17. The van der Waals surface area contributed by atoms with Gasteiger partial charge in [0.2, 0.25) is 5.91 Å². The van der Waals surface area contributed by atoms with Crippen molar-refractivity contribution in [3.63, 3.8) is 0 Å². The van der Waals surface area contributed by atoms with Crippen LogP contribution in [0.3, 0.4) is 0 Å². The van der Waals surface area contributed by atoms with Crippen LogP contribution in [0, 0.1) is 6.92 Å². The fraction of sp³-hybridized carbons (Fsp3) is 0.333. The van der Waals surface area contributed by atoms with Crippen LogP contribution in [-0.2, 0) is 4.79 Å². The average Bonchev–Trinajstić information content (AvgIpc) is 2.73. The summed E-state index contributed by atoms with van der Waals surface area (Å²) in [5.41, 5.74) is 1.84. The van der Waals surface area contributed by atoms with E-state index in [9.17, 15) is 9.59 Å². The molecular weight excluding hydrogens is 433 g/mol. The highest BCUT2D eigenvalue weighted by Gasteiger charge is 2.28.